The first-order valence-corrected chi connectivity index (χ1v) is 7.35. The highest BCUT2D eigenvalue weighted by atomic mass is 15.2. The second kappa shape index (κ2) is 7.29. The van der Waals surface area contributed by atoms with Crippen molar-refractivity contribution in [3.05, 3.63) is 35.4 Å². The first kappa shape index (κ1) is 14.9. The van der Waals surface area contributed by atoms with Crippen LogP contribution < -0.4 is 10.6 Å². The van der Waals surface area contributed by atoms with Crippen molar-refractivity contribution in [1.29, 1.82) is 0 Å². The monoisotopic (exact) mass is 274 g/mol. The average molecular weight is 274 g/mol. The summed E-state index contributed by atoms with van der Waals surface area (Å²) in [6.45, 7) is 2.82. The molecule has 0 unspecified atom stereocenters. The third-order valence-electron chi connectivity index (χ3n) is 3.53. The summed E-state index contributed by atoms with van der Waals surface area (Å²) in [5, 5.41) is 6.79. The van der Waals surface area contributed by atoms with Crippen LogP contribution in [-0.4, -0.2) is 38.5 Å². The molecule has 0 aromatic heterocycles. The number of hydrogen-bond acceptors (Lipinski definition) is 2. The van der Waals surface area contributed by atoms with Crippen LogP contribution in [0.4, 0.5) is 0 Å². The molecular formula is C16H26N4. The predicted molar refractivity (Wildman–Crippen MR) is 84.8 cm³/mol. The number of nitrogens with zero attached hydrogens (tertiary/aromatic N) is 2. The molecule has 1 fully saturated rings. The molecule has 2 rings (SSSR count). The van der Waals surface area contributed by atoms with Crippen molar-refractivity contribution in [3.63, 3.8) is 0 Å². The summed E-state index contributed by atoms with van der Waals surface area (Å²) in [5.41, 5.74) is 2.69. The average Bonchev–Trinajstić information content (AvgIpc) is 3.24. The minimum atomic E-state index is 0.814. The van der Waals surface area contributed by atoms with Crippen LogP contribution in [0.15, 0.2) is 29.3 Å². The Labute approximate surface area is 122 Å². The van der Waals surface area contributed by atoms with Crippen molar-refractivity contribution in [2.24, 2.45) is 10.9 Å². The summed E-state index contributed by atoms with van der Waals surface area (Å²) in [6, 6.07) is 8.57. The van der Waals surface area contributed by atoms with E-state index in [1.165, 1.54) is 24.0 Å². The van der Waals surface area contributed by atoms with E-state index < -0.39 is 0 Å². The lowest BCUT2D eigenvalue weighted by atomic mass is 10.1. The molecule has 0 spiro atoms. The quantitative estimate of drug-likeness (QED) is 0.614. The van der Waals surface area contributed by atoms with Crippen molar-refractivity contribution >= 4 is 5.96 Å². The van der Waals surface area contributed by atoms with Gasteiger partial charge in [0.2, 0.25) is 0 Å². The van der Waals surface area contributed by atoms with Gasteiger partial charge in [-0.3, -0.25) is 4.99 Å². The van der Waals surface area contributed by atoms with E-state index in [1.54, 1.807) is 0 Å². The highest BCUT2D eigenvalue weighted by Gasteiger charge is 2.21. The summed E-state index contributed by atoms with van der Waals surface area (Å²) in [5.74, 6) is 1.76. The minimum Gasteiger partial charge on any atom is -0.356 e. The second-order valence-corrected chi connectivity index (χ2v) is 5.76. The van der Waals surface area contributed by atoms with Gasteiger partial charge in [0, 0.05) is 26.7 Å². The second-order valence-electron chi connectivity index (χ2n) is 5.76. The molecule has 20 heavy (non-hydrogen) atoms. The van der Waals surface area contributed by atoms with Crippen LogP contribution in [0.1, 0.15) is 24.0 Å². The van der Waals surface area contributed by atoms with Crippen molar-refractivity contribution in [2.45, 2.75) is 25.9 Å². The molecule has 0 radical (unpaired) electrons. The van der Waals surface area contributed by atoms with Gasteiger partial charge >= 0.3 is 0 Å². The molecule has 2 N–H and O–H groups in total. The van der Waals surface area contributed by atoms with Crippen LogP contribution in [0.25, 0.3) is 0 Å². The maximum absolute atomic E-state index is 4.28. The first-order valence-electron chi connectivity index (χ1n) is 7.35. The minimum absolute atomic E-state index is 0.814. The Balaban J connectivity index is 1.88. The van der Waals surface area contributed by atoms with E-state index >= 15 is 0 Å². The zero-order valence-electron chi connectivity index (χ0n) is 12.8. The zero-order valence-corrected chi connectivity index (χ0v) is 12.8. The van der Waals surface area contributed by atoms with Gasteiger partial charge in [-0.2, -0.15) is 0 Å². The molecule has 1 saturated carbocycles. The van der Waals surface area contributed by atoms with Crippen molar-refractivity contribution < 1.29 is 0 Å². The Morgan fingerprint density at radius 2 is 1.90 bits per heavy atom. The van der Waals surface area contributed by atoms with E-state index in [4.69, 9.17) is 0 Å². The highest BCUT2D eigenvalue weighted by molar-refractivity contribution is 5.79. The van der Waals surface area contributed by atoms with E-state index in [0.29, 0.717) is 0 Å². The molecule has 0 aliphatic heterocycles. The van der Waals surface area contributed by atoms with Crippen LogP contribution in [0, 0.1) is 5.92 Å². The van der Waals surface area contributed by atoms with Gasteiger partial charge in [0.15, 0.2) is 5.96 Å². The standard InChI is InChI=1S/C16H26N4/c1-17-16(18-10-13-8-9-13)19-11-14-6-4-5-7-15(14)12-20(2)3/h4-7,13H,8-12H2,1-3H3,(H2,17,18,19). The Hall–Kier alpha value is -1.55. The molecular weight excluding hydrogens is 248 g/mol. The number of nitrogens with one attached hydrogen (secondary N) is 2. The van der Waals surface area contributed by atoms with E-state index in [-0.39, 0.29) is 0 Å². The fraction of sp³-hybridized carbons (Fsp3) is 0.562. The molecule has 1 aromatic carbocycles. The number of rotatable bonds is 6. The maximum atomic E-state index is 4.28. The summed E-state index contributed by atoms with van der Waals surface area (Å²) in [7, 11) is 6.02. The fourth-order valence-corrected chi connectivity index (χ4v) is 2.19. The van der Waals surface area contributed by atoms with Gasteiger partial charge in [0.1, 0.15) is 0 Å². The molecule has 1 aliphatic carbocycles. The smallest absolute Gasteiger partial charge is 0.191 e. The number of aliphatic imine (C=N–C) groups is 1. The zero-order chi connectivity index (χ0) is 14.4. The predicted octanol–water partition coefficient (Wildman–Crippen LogP) is 1.82. The Bertz CT molecular complexity index is 450. The number of guanidine groups is 1. The molecule has 0 amide bonds. The van der Waals surface area contributed by atoms with Gasteiger partial charge < -0.3 is 15.5 Å². The molecule has 0 heterocycles. The van der Waals surface area contributed by atoms with Crippen LogP contribution >= 0.6 is 0 Å². The van der Waals surface area contributed by atoms with Crippen molar-refractivity contribution in [2.75, 3.05) is 27.7 Å². The summed E-state index contributed by atoms with van der Waals surface area (Å²) >= 11 is 0. The largest absolute Gasteiger partial charge is 0.356 e. The van der Waals surface area contributed by atoms with Gasteiger partial charge in [0.25, 0.3) is 0 Å². The van der Waals surface area contributed by atoms with E-state index in [2.05, 4.69) is 58.9 Å². The number of hydrogen-bond donors (Lipinski definition) is 2. The normalized spacial score (nSPS) is 15.5. The lowest BCUT2D eigenvalue weighted by Crippen LogP contribution is -2.38. The maximum Gasteiger partial charge on any atom is 0.191 e. The number of benzene rings is 1. The van der Waals surface area contributed by atoms with Crippen molar-refractivity contribution in [3.8, 4) is 0 Å². The Morgan fingerprint density at radius 3 is 2.50 bits per heavy atom. The summed E-state index contributed by atoms with van der Waals surface area (Å²) in [4.78, 5) is 6.47. The lowest BCUT2D eigenvalue weighted by Gasteiger charge is -2.16. The van der Waals surface area contributed by atoms with Crippen LogP contribution in [0.2, 0.25) is 0 Å². The molecule has 4 heteroatoms. The van der Waals surface area contributed by atoms with Crippen molar-refractivity contribution in [1.82, 2.24) is 15.5 Å². The van der Waals surface area contributed by atoms with Gasteiger partial charge in [-0.1, -0.05) is 24.3 Å². The van der Waals surface area contributed by atoms with Gasteiger partial charge in [0.05, 0.1) is 0 Å². The Kier molecular flexibility index (Phi) is 5.41. The molecule has 1 aliphatic rings. The van der Waals surface area contributed by atoms with Gasteiger partial charge in [-0.15, -0.1) is 0 Å². The third kappa shape index (κ3) is 4.85. The van der Waals surface area contributed by atoms with Crippen LogP contribution in [-0.2, 0) is 13.1 Å². The van der Waals surface area contributed by atoms with Gasteiger partial charge in [-0.05, 0) is 44.0 Å². The fourth-order valence-electron chi connectivity index (χ4n) is 2.19. The first-order chi connectivity index (χ1) is 9.69. The third-order valence-corrected chi connectivity index (χ3v) is 3.53. The SMILES string of the molecule is CN=C(NCc1ccccc1CN(C)C)NCC1CC1. The Morgan fingerprint density at radius 1 is 1.20 bits per heavy atom. The van der Waals surface area contributed by atoms with Crippen LogP contribution in [0.5, 0.6) is 0 Å². The molecule has 0 saturated heterocycles. The molecule has 110 valence electrons. The van der Waals surface area contributed by atoms with E-state index in [0.717, 1.165) is 31.5 Å². The molecule has 0 atom stereocenters. The molecule has 1 aromatic rings. The lowest BCUT2D eigenvalue weighted by molar-refractivity contribution is 0.400. The summed E-state index contributed by atoms with van der Waals surface area (Å²) < 4.78 is 0. The molecule has 0 bridgehead atoms. The van der Waals surface area contributed by atoms with E-state index in [9.17, 15) is 0 Å². The summed E-state index contributed by atoms with van der Waals surface area (Å²) in [6.07, 6.45) is 2.71. The van der Waals surface area contributed by atoms with Gasteiger partial charge in [-0.25, -0.2) is 0 Å². The topological polar surface area (TPSA) is 39.7 Å². The van der Waals surface area contributed by atoms with Crippen LogP contribution in [0.3, 0.4) is 0 Å². The van der Waals surface area contributed by atoms with E-state index in [1.807, 2.05) is 7.05 Å². The highest BCUT2D eigenvalue weighted by Crippen LogP contribution is 2.27. The molecule has 4 nitrogen and oxygen atoms in total.